The predicted molar refractivity (Wildman–Crippen MR) is 90.1 cm³/mol. The van der Waals surface area contributed by atoms with Crippen molar-refractivity contribution in [3.63, 3.8) is 0 Å². The van der Waals surface area contributed by atoms with E-state index in [2.05, 4.69) is 11.1 Å². The van der Waals surface area contributed by atoms with Gasteiger partial charge in [-0.25, -0.2) is 4.98 Å². The number of pyridine rings is 1. The van der Waals surface area contributed by atoms with Crippen molar-refractivity contribution >= 4 is 22.7 Å². The van der Waals surface area contributed by atoms with Crippen LogP contribution in [0.2, 0.25) is 0 Å². The molecule has 1 aliphatic rings. The molecule has 2 aromatic rings. The van der Waals surface area contributed by atoms with Crippen molar-refractivity contribution in [3.8, 4) is 11.8 Å². The second-order valence-electron chi connectivity index (χ2n) is 5.47. The van der Waals surface area contributed by atoms with Gasteiger partial charge in [-0.05, 0) is 18.2 Å². The van der Waals surface area contributed by atoms with Crippen LogP contribution in [-0.4, -0.2) is 50.7 Å². The summed E-state index contributed by atoms with van der Waals surface area (Å²) in [5, 5.41) is 11.1. The van der Waals surface area contributed by atoms with Crippen molar-refractivity contribution in [2.45, 2.75) is 5.03 Å². The molecule has 0 radical (unpaired) electrons. The molecule has 23 heavy (non-hydrogen) atoms. The van der Waals surface area contributed by atoms with Gasteiger partial charge >= 0.3 is 0 Å². The van der Waals surface area contributed by atoms with Gasteiger partial charge in [0, 0.05) is 17.2 Å². The first kappa shape index (κ1) is 16.1. The molecule has 1 aromatic heterocycles. The summed E-state index contributed by atoms with van der Waals surface area (Å²) < 4.78 is 10.6. The maximum Gasteiger partial charge on any atom is 0.121 e. The molecule has 1 aromatic carbocycles. The normalized spacial score (nSPS) is 15.5. The SMILES string of the molecule is COc1ccc2cc(C#N)c(SCC[NH+]3CCOCC3)nc2c1. The molecule has 0 saturated carbocycles. The predicted octanol–water partition coefficient (Wildman–Crippen LogP) is 1.12. The Morgan fingerprint density at radius 2 is 2.17 bits per heavy atom. The molecule has 2 heterocycles. The zero-order valence-corrected chi connectivity index (χ0v) is 14.0. The molecule has 5 nitrogen and oxygen atoms in total. The molecular formula is C17H20N3O2S+. The minimum atomic E-state index is 0.643. The van der Waals surface area contributed by atoms with Crippen molar-refractivity contribution in [1.29, 1.82) is 5.26 Å². The van der Waals surface area contributed by atoms with Crippen LogP contribution in [0.5, 0.6) is 5.75 Å². The highest BCUT2D eigenvalue weighted by atomic mass is 32.2. The van der Waals surface area contributed by atoms with Crippen molar-refractivity contribution < 1.29 is 14.4 Å². The van der Waals surface area contributed by atoms with Gasteiger partial charge in [-0.2, -0.15) is 5.26 Å². The van der Waals surface area contributed by atoms with Crippen LogP contribution in [0.25, 0.3) is 10.9 Å². The number of thioether (sulfide) groups is 1. The number of aromatic nitrogens is 1. The number of nitrogens with one attached hydrogen (secondary N) is 1. The van der Waals surface area contributed by atoms with Crippen LogP contribution in [-0.2, 0) is 4.74 Å². The highest BCUT2D eigenvalue weighted by Crippen LogP contribution is 2.26. The molecule has 0 bridgehead atoms. The van der Waals surface area contributed by atoms with E-state index in [0.29, 0.717) is 5.56 Å². The molecule has 1 N–H and O–H groups in total. The third kappa shape index (κ3) is 3.94. The number of rotatable bonds is 5. The highest BCUT2D eigenvalue weighted by molar-refractivity contribution is 7.99. The maximum atomic E-state index is 9.38. The topological polar surface area (TPSA) is 59.6 Å². The van der Waals surface area contributed by atoms with Gasteiger partial charge < -0.3 is 14.4 Å². The summed E-state index contributed by atoms with van der Waals surface area (Å²) in [4.78, 5) is 6.22. The van der Waals surface area contributed by atoms with E-state index in [9.17, 15) is 5.26 Å². The number of benzene rings is 1. The van der Waals surface area contributed by atoms with Gasteiger partial charge in [-0.1, -0.05) is 11.8 Å². The first-order valence-electron chi connectivity index (χ1n) is 7.73. The van der Waals surface area contributed by atoms with Crippen molar-refractivity contribution in [3.05, 3.63) is 29.8 Å². The van der Waals surface area contributed by atoms with Gasteiger partial charge in [0.05, 0.1) is 37.9 Å². The summed E-state index contributed by atoms with van der Waals surface area (Å²) in [5.74, 6) is 1.73. The first-order valence-corrected chi connectivity index (χ1v) is 8.71. The quantitative estimate of drug-likeness (QED) is 0.833. The maximum absolute atomic E-state index is 9.38. The molecule has 1 aliphatic heterocycles. The minimum Gasteiger partial charge on any atom is -0.497 e. The van der Waals surface area contributed by atoms with Gasteiger partial charge in [-0.3, -0.25) is 0 Å². The van der Waals surface area contributed by atoms with Crippen LogP contribution in [0.4, 0.5) is 0 Å². The van der Waals surface area contributed by atoms with E-state index in [1.807, 2.05) is 24.3 Å². The van der Waals surface area contributed by atoms with Crippen molar-refractivity contribution in [2.24, 2.45) is 0 Å². The van der Waals surface area contributed by atoms with E-state index >= 15 is 0 Å². The summed E-state index contributed by atoms with van der Waals surface area (Å²) in [6.45, 7) is 4.88. The van der Waals surface area contributed by atoms with E-state index in [1.165, 1.54) is 0 Å². The van der Waals surface area contributed by atoms with Gasteiger partial charge in [0.15, 0.2) is 0 Å². The third-order valence-corrected chi connectivity index (χ3v) is 5.00. The van der Waals surface area contributed by atoms with E-state index in [4.69, 9.17) is 9.47 Å². The summed E-state index contributed by atoms with van der Waals surface area (Å²) >= 11 is 1.66. The molecule has 0 amide bonds. The molecule has 0 spiro atoms. The second kappa shape index (κ2) is 7.64. The molecule has 6 heteroatoms. The number of nitriles is 1. The van der Waals surface area contributed by atoms with Crippen LogP contribution in [0, 0.1) is 11.3 Å². The fourth-order valence-corrected chi connectivity index (χ4v) is 3.66. The Labute approximate surface area is 140 Å². The van der Waals surface area contributed by atoms with Gasteiger partial charge in [0.1, 0.15) is 29.9 Å². The van der Waals surface area contributed by atoms with Crippen LogP contribution in [0.1, 0.15) is 5.56 Å². The lowest BCUT2D eigenvalue weighted by atomic mass is 10.1. The Kier molecular flexibility index (Phi) is 5.34. The van der Waals surface area contributed by atoms with Crippen molar-refractivity contribution in [1.82, 2.24) is 4.98 Å². The average molecular weight is 330 g/mol. The van der Waals surface area contributed by atoms with Crippen LogP contribution >= 0.6 is 11.8 Å². The number of hydrogen-bond acceptors (Lipinski definition) is 5. The van der Waals surface area contributed by atoms with E-state index in [1.54, 1.807) is 23.8 Å². The first-order chi connectivity index (χ1) is 11.3. The number of methoxy groups -OCH3 is 1. The molecular weight excluding hydrogens is 310 g/mol. The van der Waals surface area contributed by atoms with E-state index < -0.39 is 0 Å². The Balaban J connectivity index is 1.74. The lowest BCUT2D eigenvalue weighted by Gasteiger charge is -2.23. The number of nitrogens with zero attached hydrogens (tertiary/aromatic N) is 2. The largest absolute Gasteiger partial charge is 0.497 e. The molecule has 0 unspecified atom stereocenters. The third-order valence-electron chi connectivity index (χ3n) is 4.00. The van der Waals surface area contributed by atoms with Gasteiger partial charge in [0.25, 0.3) is 0 Å². The standard InChI is InChI=1S/C17H19N3O2S/c1-21-15-3-2-13-10-14(12-18)17(19-16(13)11-15)23-9-6-20-4-7-22-8-5-20/h2-3,10-11H,4-9H2,1H3/p+1. The molecule has 0 aliphatic carbocycles. The summed E-state index contributed by atoms with van der Waals surface area (Å²) in [6, 6.07) is 9.91. The number of quaternary nitrogens is 1. The number of morpholine rings is 1. The zero-order chi connectivity index (χ0) is 16.1. The summed E-state index contributed by atoms with van der Waals surface area (Å²) in [5.41, 5.74) is 1.51. The zero-order valence-electron chi connectivity index (χ0n) is 13.2. The van der Waals surface area contributed by atoms with Gasteiger partial charge in [0.2, 0.25) is 0 Å². The molecule has 1 fully saturated rings. The Hall–Kier alpha value is -1.81. The number of ether oxygens (including phenoxy) is 2. The monoisotopic (exact) mass is 330 g/mol. The minimum absolute atomic E-state index is 0.643. The molecule has 0 atom stereocenters. The highest BCUT2D eigenvalue weighted by Gasteiger charge is 2.14. The average Bonchev–Trinajstić information content (AvgIpc) is 2.61. The fraction of sp³-hybridized carbons (Fsp3) is 0.412. The second-order valence-corrected chi connectivity index (χ2v) is 6.56. The van der Waals surface area contributed by atoms with E-state index in [-0.39, 0.29) is 0 Å². The van der Waals surface area contributed by atoms with E-state index in [0.717, 1.165) is 60.3 Å². The Morgan fingerprint density at radius 1 is 1.35 bits per heavy atom. The summed E-state index contributed by atoms with van der Waals surface area (Å²) in [7, 11) is 1.64. The molecule has 3 rings (SSSR count). The smallest absolute Gasteiger partial charge is 0.121 e. The Morgan fingerprint density at radius 3 is 2.91 bits per heavy atom. The van der Waals surface area contributed by atoms with Crippen LogP contribution in [0.15, 0.2) is 29.3 Å². The Bertz CT molecular complexity index is 724. The number of hydrogen-bond donors (Lipinski definition) is 1. The molecule has 120 valence electrons. The van der Waals surface area contributed by atoms with Crippen molar-refractivity contribution in [2.75, 3.05) is 45.7 Å². The fourth-order valence-electron chi connectivity index (χ4n) is 2.65. The van der Waals surface area contributed by atoms with Gasteiger partial charge in [-0.15, -0.1) is 0 Å². The lowest BCUT2D eigenvalue weighted by Crippen LogP contribution is -3.14. The molecule has 1 saturated heterocycles. The number of fused-ring (bicyclic) bond motifs is 1. The lowest BCUT2D eigenvalue weighted by molar-refractivity contribution is -0.905. The van der Waals surface area contributed by atoms with Crippen LogP contribution in [0.3, 0.4) is 0 Å². The summed E-state index contributed by atoms with van der Waals surface area (Å²) in [6.07, 6.45) is 0. The van der Waals surface area contributed by atoms with Crippen LogP contribution < -0.4 is 9.64 Å².